The molecule has 1 spiro atoms. The topological polar surface area (TPSA) is 67.9 Å². The second kappa shape index (κ2) is 6.34. The molecule has 1 saturated heterocycles. The summed E-state index contributed by atoms with van der Waals surface area (Å²) in [6.07, 6.45) is 8.38. The van der Waals surface area contributed by atoms with Gasteiger partial charge in [0, 0.05) is 35.8 Å². The summed E-state index contributed by atoms with van der Waals surface area (Å²) in [4.78, 5) is 11.5. The zero-order chi connectivity index (χ0) is 19.4. The summed E-state index contributed by atoms with van der Waals surface area (Å²) in [6.45, 7) is 2.01. The maximum Gasteiger partial charge on any atom is 0.247 e. The van der Waals surface area contributed by atoms with Crippen molar-refractivity contribution in [3.63, 3.8) is 0 Å². The third kappa shape index (κ3) is 2.82. The van der Waals surface area contributed by atoms with Gasteiger partial charge in [-0.3, -0.25) is 0 Å². The van der Waals surface area contributed by atoms with Crippen molar-refractivity contribution in [3.05, 3.63) is 53.6 Å². The number of aromatic nitrogens is 4. The Bertz CT molecular complexity index is 1070. The Balaban J connectivity index is 1.16. The minimum absolute atomic E-state index is 0.262. The van der Waals surface area contributed by atoms with Gasteiger partial charge in [-0.2, -0.15) is 0 Å². The van der Waals surface area contributed by atoms with Crippen molar-refractivity contribution in [1.29, 1.82) is 0 Å². The molecule has 2 aromatic heterocycles. The van der Waals surface area contributed by atoms with Crippen LogP contribution in [0.25, 0.3) is 11.5 Å². The molecule has 0 N–H and O–H groups in total. The van der Waals surface area contributed by atoms with Gasteiger partial charge in [0.25, 0.3) is 0 Å². The molecule has 3 aliphatic rings. The molecule has 3 aromatic rings. The van der Waals surface area contributed by atoms with Crippen LogP contribution in [0, 0.1) is 11.2 Å². The number of hydrogen-bond acceptors (Lipinski definition) is 6. The SMILES string of the molecule is Fc1cccc(-c2nnc(C3CC34CCN(c3ncnc5c3CCC5)CC4)o2)c1. The second-order valence-corrected chi connectivity index (χ2v) is 8.54. The van der Waals surface area contributed by atoms with E-state index in [0.29, 0.717) is 23.3 Å². The van der Waals surface area contributed by atoms with E-state index in [-0.39, 0.29) is 11.2 Å². The molecule has 6 rings (SSSR count). The molecule has 3 heterocycles. The molecule has 2 aliphatic carbocycles. The highest BCUT2D eigenvalue weighted by atomic mass is 19.1. The van der Waals surface area contributed by atoms with Crippen molar-refractivity contribution < 1.29 is 8.81 Å². The van der Waals surface area contributed by atoms with Gasteiger partial charge < -0.3 is 9.32 Å². The molecule has 1 aromatic carbocycles. The minimum Gasteiger partial charge on any atom is -0.420 e. The van der Waals surface area contributed by atoms with Gasteiger partial charge in [-0.1, -0.05) is 6.07 Å². The largest absolute Gasteiger partial charge is 0.420 e. The molecule has 1 saturated carbocycles. The van der Waals surface area contributed by atoms with E-state index < -0.39 is 0 Å². The number of benzene rings is 1. The highest BCUT2D eigenvalue weighted by molar-refractivity contribution is 5.53. The number of hydrogen-bond donors (Lipinski definition) is 0. The minimum atomic E-state index is -0.297. The fourth-order valence-electron chi connectivity index (χ4n) is 5.14. The first-order valence-corrected chi connectivity index (χ1v) is 10.4. The Morgan fingerprint density at radius 1 is 1.10 bits per heavy atom. The van der Waals surface area contributed by atoms with Gasteiger partial charge in [0.15, 0.2) is 0 Å². The quantitative estimate of drug-likeness (QED) is 0.674. The summed E-state index contributed by atoms with van der Waals surface area (Å²) in [5.41, 5.74) is 3.48. The van der Waals surface area contributed by atoms with E-state index in [0.717, 1.165) is 51.0 Å². The molecule has 148 valence electrons. The molecule has 1 aliphatic heterocycles. The standard InChI is InChI=1S/C22H22FN5O/c23-15-4-1-3-14(11-15)20-26-27-21(29-20)17-12-22(17)7-9-28(10-8-22)19-16-5-2-6-18(16)24-13-25-19/h1,3-4,11,13,17H,2,5-10,12H2. The third-order valence-corrected chi connectivity index (χ3v) is 6.91. The lowest BCUT2D eigenvalue weighted by atomic mass is 9.90. The van der Waals surface area contributed by atoms with Crippen LogP contribution in [0.15, 0.2) is 35.0 Å². The molecule has 6 nitrogen and oxygen atoms in total. The molecular formula is C22H22FN5O. The average Bonchev–Trinajstić information content (AvgIpc) is 3.13. The van der Waals surface area contributed by atoms with Gasteiger partial charge in [0.2, 0.25) is 11.8 Å². The number of rotatable bonds is 3. The summed E-state index contributed by atoms with van der Waals surface area (Å²) < 4.78 is 19.4. The molecule has 0 amide bonds. The van der Waals surface area contributed by atoms with Crippen molar-refractivity contribution in [2.45, 2.75) is 44.4 Å². The Labute approximate surface area is 168 Å². The van der Waals surface area contributed by atoms with E-state index >= 15 is 0 Å². The van der Waals surface area contributed by atoms with Crippen LogP contribution in [-0.4, -0.2) is 33.3 Å². The Morgan fingerprint density at radius 3 is 2.86 bits per heavy atom. The summed E-state index contributed by atoms with van der Waals surface area (Å²) in [7, 11) is 0. The first-order chi connectivity index (χ1) is 14.2. The highest BCUT2D eigenvalue weighted by Crippen LogP contribution is 2.64. The maximum absolute atomic E-state index is 13.5. The molecule has 1 atom stereocenters. The zero-order valence-electron chi connectivity index (χ0n) is 16.1. The van der Waals surface area contributed by atoms with Crippen LogP contribution in [0.3, 0.4) is 0 Å². The summed E-state index contributed by atoms with van der Waals surface area (Å²) >= 11 is 0. The van der Waals surface area contributed by atoms with Gasteiger partial charge in [-0.15, -0.1) is 10.2 Å². The number of piperidine rings is 1. The molecule has 2 fully saturated rings. The van der Waals surface area contributed by atoms with E-state index in [4.69, 9.17) is 4.42 Å². The lowest BCUT2D eigenvalue weighted by molar-refractivity contribution is 0.352. The Hall–Kier alpha value is -2.83. The van der Waals surface area contributed by atoms with Crippen molar-refractivity contribution in [1.82, 2.24) is 20.2 Å². The molecular weight excluding hydrogens is 369 g/mol. The van der Waals surface area contributed by atoms with Crippen LogP contribution in [0.1, 0.15) is 48.7 Å². The van der Waals surface area contributed by atoms with Crippen LogP contribution in [0.5, 0.6) is 0 Å². The number of anilines is 1. The fraction of sp³-hybridized carbons (Fsp3) is 0.455. The van der Waals surface area contributed by atoms with E-state index in [1.165, 1.54) is 29.8 Å². The van der Waals surface area contributed by atoms with Crippen molar-refractivity contribution in [2.24, 2.45) is 5.41 Å². The summed E-state index contributed by atoms with van der Waals surface area (Å²) in [5, 5.41) is 8.44. The predicted molar refractivity (Wildman–Crippen MR) is 105 cm³/mol. The van der Waals surface area contributed by atoms with Crippen LogP contribution >= 0.6 is 0 Å². The number of aryl methyl sites for hydroxylation is 1. The smallest absolute Gasteiger partial charge is 0.247 e. The maximum atomic E-state index is 13.5. The average molecular weight is 391 g/mol. The number of halogens is 1. The van der Waals surface area contributed by atoms with E-state index in [2.05, 4.69) is 25.1 Å². The van der Waals surface area contributed by atoms with E-state index in [1.807, 2.05) is 0 Å². The molecule has 1 unspecified atom stereocenters. The normalized spacial score (nSPS) is 22.1. The van der Waals surface area contributed by atoms with Crippen LogP contribution < -0.4 is 4.90 Å². The molecule has 0 radical (unpaired) electrons. The zero-order valence-corrected chi connectivity index (χ0v) is 16.1. The first-order valence-electron chi connectivity index (χ1n) is 10.4. The fourth-order valence-corrected chi connectivity index (χ4v) is 5.14. The Kier molecular flexibility index (Phi) is 3.73. The van der Waals surface area contributed by atoms with E-state index in [1.54, 1.807) is 18.5 Å². The van der Waals surface area contributed by atoms with Crippen LogP contribution in [0.2, 0.25) is 0 Å². The van der Waals surface area contributed by atoms with Crippen LogP contribution in [-0.2, 0) is 12.8 Å². The molecule has 7 heteroatoms. The lowest BCUT2D eigenvalue weighted by Gasteiger charge is -2.34. The summed E-state index contributed by atoms with van der Waals surface area (Å²) in [5.74, 6) is 2.26. The van der Waals surface area contributed by atoms with Gasteiger partial charge in [0.1, 0.15) is 18.0 Å². The van der Waals surface area contributed by atoms with Crippen molar-refractivity contribution >= 4 is 5.82 Å². The van der Waals surface area contributed by atoms with Gasteiger partial charge >= 0.3 is 0 Å². The second-order valence-electron chi connectivity index (χ2n) is 8.54. The van der Waals surface area contributed by atoms with Crippen LogP contribution in [0.4, 0.5) is 10.2 Å². The molecule has 29 heavy (non-hydrogen) atoms. The van der Waals surface area contributed by atoms with Gasteiger partial charge in [-0.05, 0) is 62.1 Å². The number of nitrogens with zero attached hydrogens (tertiary/aromatic N) is 5. The first kappa shape index (κ1) is 17.1. The summed E-state index contributed by atoms with van der Waals surface area (Å²) in [6, 6.07) is 6.30. The monoisotopic (exact) mass is 391 g/mol. The van der Waals surface area contributed by atoms with Crippen molar-refractivity contribution in [2.75, 3.05) is 18.0 Å². The van der Waals surface area contributed by atoms with Crippen molar-refractivity contribution in [3.8, 4) is 11.5 Å². The lowest BCUT2D eigenvalue weighted by Crippen LogP contribution is -2.36. The highest BCUT2D eigenvalue weighted by Gasteiger charge is 2.58. The van der Waals surface area contributed by atoms with Gasteiger partial charge in [-0.25, -0.2) is 14.4 Å². The third-order valence-electron chi connectivity index (χ3n) is 6.91. The number of fused-ring (bicyclic) bond motifs is 1. The van der Waals surface area contributed by atoms with E-state index in [9.17, 15) is 4.39 Å². The van der Waals surface area contributed by atoms with Gasteiger partial charge in [0.05, 0.1) is 0 Å². The Morgan fingerprint density at radius 2 is 2.00 bits per heavy atom. The molecule has 0 bridgehead atoms. The predicted octanol–water partition coefficient (Wildman–Crippen LogP) is 3.93.